The second-order valence-corrected chi connectivity index (χ2v) is 5.82. The predicted octanol–water partition coefficient (Wildman–Crippen LogP) is 0.822. The first-order chi connectivity index (χ1) is 8.09. The van der Waals surface area contributed by atoms with E-state index in [1.807, 2.05) is 0 Å². The van der Waals surface area contributed by atoms with Gasteiger partial charge in [0, 0.05) is 25.2 Å². The summed E-state index contributed by atoms with van der Waals surface area (Å²) in [6.07, 6.45) is 1.83. The molecular formula is C11H16N2O3S. The molecule has 94 valence electrons. The molecule has 0 saturated carbocycles. The third kappa shape index (κ3) is 2.96. The first-order valence-electron chi connectivity index (χ1n) is 5.61. The van der Waals surface area contributed by atoms with Gasteiger partial charge in [0.05, 0.1) is 0 Å². The van der Waals surface area contributed by atoms with E-state index in [0.29, 0.717) is 18.7 Å². The highest BCUT2D eigenvalue weighted by atomic mass is 32.2. The summed E-state index contributed by atoms with van der Waals surface area (Å²) in [7, 11) is -3.40. The Kier molecular flexibility index (Phi) is 3.66. The van der Waals surface area contributed by atoms with Gasteiger partial charge in [-0.25, -0.2) is 0 Å². The van der Waals surface area contributed by atoms with Crippen molar-refractivity contribution in [3.05, 3.63) is 29.8 Å². The van der Waals surface area contributed by atoms with Crippen LogP contribution in [-0.2, 0) is 16.8 Å². The van der Waals surface area contributed by atoms with E-state index in [1.54, 1.807) is 24.3 Å². The Hall–Kier alpha value is -1.11. The molecule has 1 aromatic rings. The van der Waals surface area contributed by atoms with Crippen molar-refractivity contribution in [2.45, 2.75) is 19.4 Å². The molecule has 0 atom stereocenters. The summed E-state index contributed by atoms with van der Waals surface area (Å²) in [5.74, 6) is 0.108. The van der Waals surface area contributed by atoms with Crippen molar-refractivity contribution in [1.29, 1.82) is 0 Å². The third-order valence-corrected chi connectivity index (χ3v) is 4.40. The van der Waals surface area contributed by atoms with Gasteiger partial charge in [0.2, 0.25) is 0 Å². The number of hydrogen-bond donors (Lipinski definition) is 2. The quantitative estimate of drug-likeness (QED) is 0.838. The average molecular weight is 256 g/mol. The van der Waals surface area contributed by atoms with Crippen molar-refractivity contribution in [2.75, 3.05) is 13.1 Å². The molecule has 2 N–H and O–H groups in total. The maximum Gasteiger partial charge on any atom is 0.279 e. The number of benzene rings is 1. The van der Waals surface area contributed by atoms with Gasteiger partial charge in [-0.2, -0.15) is 17.4 Å². The largest absolute Gasteiger partial charge is 0.508 e. The van der Waals surface area contributed by atoms with Crippen molar-refractivity contribution in [1.82, 2.24) is 9.03 Å². The molecule has 0 spiro atoms. The van der Waals surface area contributed by atoms with Gasteiger partial charge in [-0.15, -0.1) is 0 Å². The normalized spacial score (nSPS) is 17.4. The zero-order valence-electron chi connectivity index (χ0n) is 9.46. The van der Waals surface area contributed by atoms with Gasteiger partial charge in [0.25, 0.3) is 10.2 Å². The summed E-state index contributed by atoms with van der Waals surface area (Å²) < 4.78 is 27.6. The van der Waals surface area contributed by atoms with Crippen LogP contribution in [0.2, 0.25) is 0 Å². The molecule has 1 aliphatic rings. The van der Waals surface area contributed by atoms with Crippen LogP contribution in [0.3, 0.4) is 0 Å². The summed E-state index contributed by atoms with van der Waals surface area (Å²) in [4.78, 5) is 0. The van der Waals surface area contributed by atoms with Crippen molar-refractivity contribution < 1.29 is 13.5 Å². The Balaban J connectivity index is 2.00. The molecule has 0 radical (unpaired) electrons. The summed E-state index contributed by atoms with van der Waals surface area (Å²) >= 11 is 0. The molecular weight excluding hydrogens is 240 g/mol. The van der Waals surface area contributed by atoms with Crippen LogP contribution in [0, 0.1) is 0 Å². The van der Waals surface area contributed by atoms with Crippen LogP contribution in [0.4, 0.5) is 0 Å². The maximum absolute atomic E-state index is 11.9. The lowest BCUT2D eigenvalue weighted by molar-refractivity contribution is 0.456. The van der Waals surface area contributed by atoms with E-state index in [4.69, 9.17) is 0 Å². The van der Waals surface area contributed by atoms with Crippen molar-refractivity contribution in [2.24, 2.45) is 0 Å². The lowest BCUT2D eigenvalue weighted by Gasteiger charge is -2.16. The SMILES string of the molecule is O=S(=O)(NCc1ccccc1O)N1CCCC1. The number of phenols is 1. The number of phenolic OH excluding ortho intramolecular Hbond substituents is 1. The minimum absolute atomic E-state index is 0.108. The van der Waals surface area contributed by atoms with E-state index in [0.717, 1.165) is 12.8 Å². The number of nitrogens with one attached hydrogen (secondary N) is 1. The standard InChI is InChI=1S/C11H16N2O3S/c14-11-6-2-1-5-10(11)9-12-17(15,16)13-7-3-4-8-13/h1-2,5-6,12,14H,3-4,7-9H2. The lowest BCUT2D eigenvalue weighted by atomic mass is 10.2. The molecule has 2 rings (SSSR count). The average Bonchev–Trinajstić information content (AvgIpc) is 2.82. The van der Waals surface area contributed by atoms with Gasteiger partial charge in [0.15, 0.2) is 0 Å². The predicted molar refractivity (Wildman–Crippen MR) is 64.7 cm³/mol. The molecule has 0 bridgehead atoms. The molecule has 1 heterocycles. The first-order valence-corrected chi connectivity index (χ1v) is 7.05. The molecule has 5 nitrogen and oxygen atoms in total. The van der Waals surface area contributed by atoms with Crippen LogP contribution in [0.5, 0.6) is 5.75 Å². The number of aromatic hydroxyl groups is 1. The van der Waals surface area contributed by atoms with Crippen LogP contribution >= 0.6 is 0 Å². The Morgan fingerprint density at radius 2 is 1.88 bits per heavy atom. The summed E-state index contributed by atoms with van der Waals surface area (Å²) in [5.41, 5.74) is 0.579. The van der Waals surface area contributed by atoms with Gasteiger partial charge in [-0.05, 0) is 18.9 Å². The Bertz CT molecular complexity index is 481. The second kappa shape index (κ2) is 5.03. The van der Waals surface area contributed by atoms with Gasteiger partial charge in [0.1, 0.15) is 5.75 Å². The minimum atomic E-state index is -3.40. The van der Waals surface area contributed by atoms with Crippen LogP contribution in [0.1, 0.15) is 18.4 Å². The molecule has 6 heteroatoms. The first kappa shape index (κ1) is 12.3. The maximum atomic E-state index is 11.9. The molecule has 1 fully saturated rings. The molecule has 0 amide bonds. The van der Waals surface area contributed by atoms with Gasteiger partial charge in [-0.1, -0.05) is 18.2 Å². The highest BCUT2D eigenvalue weighted by Gasteiger charge is 2.24. The minimum Gasteiger partial charge on any atom is -0.508 e. The molecule has 17 heavy (non-hydrogen) atoms. The van der Waals surface area contributed by atoms with Gasteiger partial charge < -0.3 is 5.11 Å². The monoisotopic (exact) mass is 256 g/mol. The summed E-state index contributed by atoms with van der Waals surface area (Å²) in [6.45, 7) is 1.28. The Morgan fingerprint density at radius 3 is 2.53 bits per heavy atom. The molecule has 1 saturated heterocycles. The fraction of sp³-hybridized carbons (Fsp3) is 0.455. The topological polar surface area (TPSA) is 69.6 Å². The van der Waals surface area contributed by atoms with E-state index >= 15 is 0 Å². The lowest BCUT2D eigenvalue weighted by Crippen LogP contribution is -2.38. The van der Waals surface area contributed by atoms with E-state index in [9.17, 15) is 13.5 Å². The molecule has 1 aromatic carbocycles. The third-order valence-electron chi connectivity index (χ3n) is 2.84. The number of para-hydroxylation sites is 1. The van der Waals surface area contributed by atoms with Crippen molar-refractivity contribution in [3.8, 4) is 5.75 Å². The Morgan fingerprint density at radius 1 is 1.24 bits per heavy atom. The molecule has 1 aliphatic heterocycles. The Labute approximate surface area is 101 Å². The van der Waals surface area contributed by atoms with E-state index < -0.39 is 10.2 Å². The van der Waals surface area contributed by atoms with Crippen LogP contribution in [0.25, 0.3) is 0 Å². The van der Waals surface area contributed by atoms with Crippen LogP contribution in [0.15, 0.2) is 24.3 Å². The van der Waals surface area contributed by atoms with Crippen molar-refractivity contribution >= 4 is 10.2 Å². The van der Waals surface area contributed by atoms with Crippen LogP contribution in [-0.4, -0.2) is 30.9 Å². The number of rotatable bonds is 4. The highest BCUT2D eigenvalue weighted by Crippen LogP contribution is 2.16. The zero-order valence-corrected chi connectivity index (χ0v) is 10.3. The molecule has 0 aromatic heterocycles. The van der Waals surface area contributed by atoms with E-state index in [1.165, 1.54) is 4.31 Å². The smallest absolute Gasteiger partial charge is 0.279 e. The van der Waals surface area contributed by atoms with Crippen molar-refractivity contribution in [3.63, 3.8) is 0 Å². The fourth-order valence-electron chi connectivity index (χ4n) is 1.85. The van der Waals surface area contributed by atoms with Gasteiger partial charge >= 0.3 is 0 Å². The number of nitrogens with zero attached hydrogens (tertiary/aromatic N) is 1. The second-order valence-electron chi connectivity index (χ2n) is 4.06. The molecule has 0 unspecified atom stereocenters. The molecule has 0 aliphatic carbocycles. The van der Waals surface area contributed by atoms with Crippen LogP contribution < -0.4 is 4.72 Å². The number of hydrogen-bond acceptors (Lipinski definition) is 3. The van der Waals surface area contributed by atoms with Gasteiger partial charge in [-0.3, -0.25) is 0 Å². The van der Waals surface area contributed by atoms with E-state index in [-0.39, 0.29) is 12.3 Å². The highest BCUT2D eigenvalue weighted by molar-refractivity contribution is 7.87. The zero-order chi connectivity index (χ0) is 12.3. The fourth-order valence-corrected chi connectivity index (χ4v) is 3.11. The summed E-state index contributed by atoms with van der Waals surface area (Å²) in [6, 6.07) is 6.70. The van der Waals surface area contributed by atoms with E-state index in [2.05, 4.69) is 4.72 Å². The summed E-state index contributed by atoms with van der Waals surface area (Å²) in [5, 5.41) is 9.52.